The van der Waals surface area contributed by atoms with Crippen LogP contribution >= 0.6 is 0 Å². The lowest BCUT2D eigenvalue weighted by molar-refractivity contribution is 0.276. The molecule has 0 fully saturated rings. The van der Waals surface area contributed by atoms with Gasteiger partial charge in [-0.3, -0.25) is 4.55 Å². The summed E-state index contributed by atoms with van der Waals surface area (Å²) >= 11 is 0. The number of hydrogen-bond donors (Lipinski definition) is 1. The van der Waals surface area contributed by atoms with Crippen molar-refractivity contribution in [3.05, 3.63) is 125 Å². The SMILES string of the molecule is CC(C)C1=CC(C(C)C)=C(c2ccccc2)C(c2ccccc2)(C(C)C)C1(c1ccccc1)S(=O)(=O)O. The Balaban J connectivity index is 2.42. The number of rotatable bonds is 7. The zero-order chi connectivity index (χ0) is 27.0. The summed E-state index contributed by atoms with van der Waals surface area (Å²) < 4.78 is 38.4. The molecule has 3 aromatic rings. The van der Waals surface area contributed by atoms with Crippen molar-refractivity contribution in [2.24, 2.45) is 17.8 Å². The van der Waals surface area contributed by atoms with Crippen molar-refractivity contribution < 1.29 is 13.0 Å². The van der Waals surface area contributed by atoms with Gasteiger partial charge in [-0.15, -0.1) is 0 Å². The van der Waals surface area contributed by atoms with Gasteiger partial charge in [0.25, 0.3) is 10.1 Å². The molecule has 1 aliphatic carbocycles. The van der Waals surface area contributed by atoms with Crippen molar-refractivity contribution in [3.8, 4) is 0 Å². The van der Waals surface area contributed by atoms with Crippen LogP contribution in [0.25, 0.3) is 5.57 Å². The molecule has 0 saturated heterocycles. The van der Waals surface area contributed by atoms with Crippen LogP contribution < -0.4 is 0 Å². The van der Waals surface area contributed by atoms with Gasteiger partial charge in [-0.2, -0.15) is 8.42 Å². The summed E-state index contributed by atoms with van der Waals surface area (Å²) in [5, 5.41) is 0. The standard InChI is InChI=1S/C33H38O3S/c1-23(2)29-22-30(24(3)4)33(37(34,35)36,28-20-14-9-15-21-28)32(25(5)6,27-18-12-8-13-19-27)31(29)26-16-10-7-11-17-26/h7-25H,1-6H3,(H,34,35,36). The molecule has 2 atom stereocenters. The van der Waals surface area contributed by atoms with Crippen LogP contribution in [0, 0.1) is 17.8 Å². The zero-order valence-electron chi connectivity index (χ0n) is 22.6. The Hall–Kier alpha value is -2.95. The van der Waals surface area contributed by atoms with Crippen LogP contribution in [0.2, 0.25) is 0 Å². The number of benzene rings is 3. The predicted molar refractivity (Wildman–Crippen MR) is 154 cm³/mol. The van der Waals surface area contributed by atoms with Gasteiger partial charge in [-0.05, 0) is 51.2 Å². The van der Waals surface area contributed by atoms with Crippen LogP contribution in [0.4, 0.5) is 0 Å². The molecule has 0 aliphatic heterocycles. The van der Waals surface area contributed by atoms with Gasteiger partial charge in [-0.1, -0.05) is 139 Å². The van der Waals surface area contributed by atoms with Gasteiger partial charge in [0.1, 0.15) is 0 Å². The Morgan fingerprint density at radius 1 is 0.649 bits per heavy atom. The third-order valence-corrected chi connectivity index (χ3v) is 9.49. The molecule has 0 bridgehead atoms. The first kappa shape index (κ1) is 27.1. The molecule has 3 aromatic carbocycles. The highest BCUT2D eigenvalue weighted by atomic mass is 32.2. The molecule has 0 spiro atoms. The van der Waals surface area contributed by atoms with Gasteiger partial charge in [0, 0.05) is 0 Å². The topological polar surface area (TPSA) is 54.4 Å². The maximum atomic E-state index is 14.3. The third kappa shape index (κ3) is 4.02. The Labute approximate surface area is 222 Å². The van der Waals surface area contributed by atoms with E-state index in [4.69, 9.17) is 0 Å². The van der Waals surface area contributed by atoms with Crippen LogP contribution in [0.15, 0.2) is 108 Å². The molecule has 1 N–H and O–H groups in total. The first-order valence-corrected chi connectivity index (χ1v) is 14.5. The largest absolute Gasteiger partial charge is 0.285 e. The van der Waals surface area contributed by atoms with Crippen LogP contribution in [-0.2, 0) is 20.3 Å². The van der Waals surface area contributed by atoms with Gasteiger partial charge < -0.3 is 0 Å². The maximum absolute atomic E-state index is 14.3. The number of hydrogen-bond acceptors (Lipinski definition) is 2. The van der Waals surface area contributed by atoms with E-state index in [9.17, 15) is 13.0 Å². The molecule has 0 heterocycles. The van der Waals surface area contributed by atoms with E-state index in [0.29, 0.717) is 11.1 Å². The highest BCUT2D eigenvalue weighted by Gasteiger charge is 2.68. The summed E-state index contributed by atoms with van der Waals surface area (Å²) in [4.78, 5) is 0. The summed E-state index contributed by atoms with van der Waals surface area (Å²) in [5.41, 5.74) is 4.05. The molecular weight excluding hydrogens is 476 g/mol. The van der Waals surface area contributed by atoms with Gasteiger partial charge in [0.15, 0.2) is 4.75 Å². The fourth-order valence-corrected chi connectivity index (χ4v) is 8.54. The summed E-state index contributed by atoms with van der Waals surface area (Å²) in [5.74, 6) is -0.223. The molecule has 1 aliphatic rings. The molecule has 194 valence electrons. The number of allylic oxidation sites excluding steroid dienone is 3. The van der Waals surface area contributed by atoms with Gasteiger partial charge in [0.05, 0.1) is 5.41 Å². The highest BCUT2D eigenvalue weighted by Crippen LogP contribution is 2.66. The van der Waals surface area contributed by atoms with E-state index in [1.807, 2.05) is 92.7 Å². The zero-order valence-corrected chi connectivity index (χ0v) is 23.5. The average molecular weight is 515 g/mol. The first-order chi connectivity index (χ1) is 17.5. The smallest absolute Gasteiger partial charge is 0.280 e. The van der Waals surface area contributed by atoms with E-state index in [1.54, 1.807) is 0 Å². The van der Waals surface area contributed by atoms with E-state index in [2.05, 4.69) is 45.9 Å². The van der Waals surface area contributed by atoms with Gasteiger partial charge in [-0.25, -0.2) is 0 Å². The van der Waals surface area contributed by atoms with Gasteiger partial charge in [0.2, 0.25) is 0 Å². The van der Waals surface area contributed by atoms with E-state index < -0.39 is 20.3 Å². The molecule has 4 heteroatoms. The molecule has 2 unspecified atom stereocenters. The van der Waals surface area contributed by atoms with Crippen molar-refractivity contribution in [2.75, 3.05) is 0 Å². The Morgan fingerprint density at radius 2 is 1.11 bits per heavy atom. The lowest BCUT2D eigenvalue weighted by atomic mass is 9.50. The predicted octanol–water partition coefficient (Wildman–Crippen LogP) is 8.07. The van der Waals surface area contributed by atoms with Crippen LogP contribution in [0.3, 0.4) is 0 Å². The summed E-state index contributed by atoms with van der Waals surface area (Å²) in [6.07, 6.45) is 2.07. The van der Waals surface area contributed by atoms with E-state index in [-0.39, 0.29) is 17.8 Å². The lowest BCUT2D eigenvalue weighted by Gasteiger charge is -2.58. The van der Waals surface area contributed by atoms with Crippen molar-refractivity contribution in [3.63, 3.8) is 0 Å². The van der Waals surface area contributed by atoms with Crippen LogP contribution in [0.5, 0.6) is 0 Å². The highest BCUT2D eigenvalue weighted by molar-refractivity contribution is 7.87. The molecular formula is C33H38O3S. The Morgan fingerprint density at radius 3 is 1.51 bits per heavy atom. The van der Waals surface area contributed by atoms with E-state index >= 15 is 0 Å². The Kier molecular flexibility index (Phi) is 7.38. The minimum Gasteiger partial charge on any atom is -0.285 e. The second-order valence-corrected chi connectivity index (χ2v) is 12.5. The monoisotopic (exact) mass is 514 g/mol. The quantitative estimate of drug-likeness (QED) is 0.324. The minimum absolute atomic E-state index is 0.126. The third-order valence-electron chi connectivity index (χ3n) is 7.92. The average Bonchev–Trinajstić information content (AvgIpc) is 2.87. The molecule has 0 aromatic heterocycles. The molecule has 0 radical (unpaired) electrons. The van der Waals surface area contributed by atoms with E-state index in [0.717, 1.165) is 22.3 Å². The normalized spacial score (nSPS) is 22.6. The summed E-state index contributed by atoms with van der Waals surface area (Å²) in [6.45, 7) is 12.5. The maximum Gasteiger partial charge on any atom is 0.280 e. The minimum atomic E-state index is -4.73. The molecule has 37 heavy (non-hydrogen) atoms. The Bertz CT molecular complexity index is 1400. The van der Waals surface area contributed by atoms with Gasteiger partial charge >= 0.3 is 0 Å². The van der Waals surface area contributed by atoms with Crippen molar-refractivity contribution in [1.82, 2.24) is 0 Å². The van der Waals surface area contributed by atoms with Crippen molar-refractivity contribution in [2.45, 2.75) is 51.7 Å². The van der Waals surface area contributed by atoms with E-state index in [1.165, 1.54) is 0 Å². The fourth-order valence-electron chi connectivity index (χ4n) is 6.65. The molecule has 3 nitrogen and oxygen atoms in total. The summed E-state index contributed by atoms with van der Waals surface area (Å²) in [6, 6.07) is 29.3. The fraction of sp³-hybridized carbons (Fsp3) is 0.333. The molecule has 0 amide bonds. The lowest BCUT2D eigenvalue weighted by Crippen LogP contribution is -2.61. The van der Waals surface area contributed by atoms with Crippen LogP contribution in [-0.4, -0.2) is 13.0 Å². The van der Waals surface area contributed by atoms with Crippen LogP contribution in [0.1, 0.15) is 58.2 Å². The van der Waals surface area contributed by atoms with Crippen molar-refractivity contribution in [1.29, 1.82) is 0 Å². The first-order valence-electron chi connectivity index (χ1n) is 13.1. The second kappa shape index (κ2) is 10.1. The summed E-state index contributed by atoms with van der Waals surface area (Å²) in [7, 11) is -4.73. The second-order valence-electron chi connectivity index (χ2n) is 11.0. The van der Waals surface area contributed by atoms with Crippen molar-refractivity contribution >= 4 is 15.7 Å². The molecule has 4 rings (SSSR count). The molecule has 0 saturated carbocycles.